The third kappa shape index (κ3) is 4.44. The molecule has 1 rings (SSSR count). The van der Waals surface area contributed by atoms with Crippen LogP contribution in [-0.2, 0) is 4.79 Å². The van der Waals surface area contributed by atoms with Crippen LogP contribution in [0.2, 0.25) is 5.02 Å². The van der Waals surface area contributed by atoms with Crippen molar-refractivity contribution in [3.63, 3.8) is 0 Å². The first-order valence-electron chi connectivity index (χ1n) is 4.49. The molecule has 0 atom stereocenters. The van der Waals surface area contributed by atoms with E-state index >= 15 is 0 Å². The molecule has 0 aliphatic heterocycles. The van der Waals surface area contributed by atoms with E-state index in [9.17, 15) is 4.79 Å². The molecule has 1 aromatic rings. The minimum atomic E-state index is -0.769. The van der Waals surface area contributed by atoms with Gasteiger partial charge in [-0.3, -0.25) is 4.79 Å². The van der Waals surface area contributed by atoms with Gasteiger partial charge in [-0.05, 0) is 30.4 Å². The van der Waals surface area contributed by atoms with Gasteiger partial charge in [-0.15, -0.1) is 11.8 Å². The van der Waals surface area contributed by atoms with E-state index in [0.29, 0.717) is 17.1 Å². The van der Waals surface area contributed by atoms with Crippen molar-refractivity contribution in [2.75, 3.05) is 11.5 Å². The molecule has 0 saturated heterocycles. The second-order valence-electron chi connectivity index (χ2n) is 3.04. The minimum Gasteiger partial charge on any atom is -0.481 e. The number of thioether (sulfide) groups is 1. The number of carboxylic acids is 1. The van der Waals surface area contributed by atoms with Crippen LogP contribution >= 0.6 is 23.4 Å². The Hall–Kier alpha value is -0.870. The third-order valence-corrected chi connectivity index (χ3v) is 3.33. The number of halogens is 1. The fraction of sp³-hybridized carbons (Fsp3) is 0.300. The largest absolute Gasteiger partial charge is 0.481 e. The summed E-state index contributed by atoms with van der Waals surface area (Å²) in [5.74, 6) is -0.0376. The SMILES string of the molecule is Nc1ccc(Cl)c(SCCCC(=O)O)c1. The average Bonchev–Trinajstić information content (AvgIpc) is 2.17. The standard InChI is InChI=1S/C10H12ClNO2S/c11-8-4-3-7(12)6-9(8)15-5-1-2-10(13)14/h3-4,6H,1-2,5,12H2,(H,13,14). The zero-order valence-electron chi connectivity index (χ0n) is 8.07. The van der Waals surface area contributed by atoms with Gasteiger partial charge in [0.05, 0.1) is 5.02 Å². The van der Waals surface area contributed by atoms with Crippen molar-refractivity contribution in [2.24, 2.45) is 0 Å². The first kappa shape index (κ1) is 12.2. The molecule has 5 heteroatoms. The van der Waals surface area contributed by atoms with Gasteiger partial charge in [-0.1, -0.05) is 11.6 Å². The van der Waals surface area contributed by atoms with Crippen LogP contribution in [0.1, 0.15) is 12.8 Å². The molecule has 3 N–H and O–H groups in total. The van der Waals surface area contributed by atoms with Gasteiger partial charge in [0.2, 0.25) is 0 Å². The van der Waals surface area contributed by atoms with Crippen LogP contribution in [0.25, 0.3) is 0 Å². The summed E-state index contributed by atoms with van der Waals surface area (Å²) in [6, 6.07) is 5.29. The number of carboxylic acid groups (broad SMARTS) is 1. The number of nitrogen functional groups attached to an aromatic ring is 1. The Labute approximate surface area is 97.6 Å². The molecule has 0 saturated carbocycles. The fourth-order valence-electron chi connectivity index (χ4n) is 1.04. The summed E-state index contributed by atoms with van der Waals surface area (Å²) in [6.45, 7) is 0. The maximum absolute atomic E-state index is 10.3. The summed E-state index contributed by atoms with van der Waals surface area (Å²) in [4.78, 5) is 11.2. The van der Waals surface area contributed by atoms with Crippen molar-refractivity contribution in [1.82, 2.24) is 0 Å². The predicted octanol–water partition coefficient (Wildman–Crippen LogP) is 2.88. The van der Waals surface area contributed by atoms with E-state index in [-0.39, 0.29) is 6.42 Å². The molecule has 0 aliphatic rings. The molecule has 0 aromatic heterocycles. The molecule has 3 nitrogen and oxygen atoms in total. The van der Waals surface area contributed by atoms with E-state index in [0.717, 1.165) is 10.6 Å². The highest BCUT2D eigenvalue weighted by atomic mass is 35.5. The number of benzene rings is 1. The number of nitrogens with two attached hydrogens (primary N) is 1. The Bertz CT molecular complexity index is 357. The van der Waals surface area contributed by atoms with Crippen molar-refractivity contribution < 1.29 is 9.90 Å². The second-order valence-corrected chi connectivity index (χ2v) is 4.58. The smallest absolute Gasteiger partial charge is 0.303 e. The molecule has 0 unspecified atom stereocenters. The molecule has 1 aromatic carbocycles. The molecule has 0 amide bonds. The molecular weight excluding hydrogens is 234 g/mol. The van der Waals surface area contributed by atoms with Gasteiger partial charge in [0.1, 0.15) is 0 Å². The monoisotopic (exact) mass is 245 g/mol. The third-order valence-electron chi connectivity index (χ3n) is 1.75. The van der Waals surface area contributed by atoms with Gasteiger partial charge in [-0.25, -0.2) is 0 Å². The normalized spacial score (nSPS) is 10.2. The number of aliphatic carboxylic acids is 1. The Morgan fingerprint density at radius 2 is 2.27 bits per heavy atom. The van der Waals surface area contributed by atoms with E-state index in [1.807, 2.05) is 0 Å². The summed E-state index contributed by atoms with van der Waals surface area (Å²) in [7, 11) is 0. The van der Waals surface area contributed by atoms with Crippen molar-refractivity contribution in [1.29, 1.82) is 0 Å². The first-order valence-corrected chi connectivity index (χ1v) is 5.85. The van der Waals surface area contributed by atoms with E-state index in [1.165, 1.54) is 11.8 Å². The fourth-order valence-corrected chi connectivity index (χ4v) is 2.25. The molecule has 0 aliphatic carbocycles. The predicted molar refractivity (Wildman–Crippen MR) is 63.5 cm³/mol. The van der Waals surface area contributed by atoms with Crippen molar-refractivity contribution in [3.05, 3.63) is 23.2 Å². The summed E-state index contributed by atoms with van der Waals surface area (Å²) in [5.41, 5.74) is 6.28. The van der Waals surface area contributed by atoms with Gasteiger partial charge >= 0.3 is 5.97 Å². The quantitative estimate of drug-likeness (QED) is 0.476. The van der Waals surface area contributed by atoms with Crippen LogP contribution in [-0.4, -0.2) is 16.8 Å². The number of carbonyl (C=O) groups is 1. The van der Waals surface area contributed by atoms with Crippen LogP contribution in [0.5, 0.6) is 0 Å². The van der Waals surface area contributed by atoms with Gasteiger partial charge in [0.15, 0.2) is 0 Å². The molecular formula is C10H12ClNO2S. The van der Waals surface area contributed by atoms with Crippen molar-refractivity contribution >= 4 is 35.0 Å². The second kappa shape index (κ2) is 5.88. The van der Waals surface area contributed by atoms with E-state index < -0.39 is 5.97 Å². The van der Waals surface area contributed by atoms with Gasteiger partial charge in [0, 0.05) is 17.0 Å². The molecule has 0 spiro atoms. The molecule has 15 heavy (non-hydrogen) atoms. The van der Waals surface area contributed by atoms with Crippen LogP contribution in [0, 0.1) is 0 Å². The molecule has 0 radical (unpaired) electrons. The van der Waals surface area contributed by atoms with Gasteiger partial charge in [0.25, 0.3) is 0 Å². The maximum atomic E-state index is 10.3. The Kier molecular flexibility index (Phi) is 4.78. The number of hydrogen-bond donors (Lipinski definition) is 2. The lowest BCUT2D eigenvalue weighted by Gasteiger charge is -2.04. The number of hydrogen-bond acceptors (Lipinski definition) is 3. The molecule has 0 fully saturated rings. The lowest BCUT2D eigenvalue weighted by atomic mass is 10.3. The van der Waals surface area contributed by atoms with E-state index in [4.69, 9.17) is 22.4 Å². The topological polar surface area (TPSA) is 63.3 Å². The van der Waals surface area contributed by atoms with E-state index in [1.54, 1.807) is 18.2 Å². The zero-order valence-corrected chi connectivity index (χ0v) is 9.64. The molecule has 0 heterocycles. The summed E-state index contributed by atoms with van der Waals surface area (Å²) < 4.78 is 0. The van der Waals surface area contributed by atoms with Crippen LogP contribution < -0.4 is 5.73 Å². The first-order chi connectivity index (χ1) is 7.09. The van der Waals surface area contributed by atoms with Gasteiger partial charge < -0.3 is 10.8 Å². The molecule has 0 bridgehead atoms. The summed E-state index contributed by atoms with van der Waals surface area (Å²) in [6.07, 6.45) is 0.818. The van der Waals surface area contributed by atoms with Crippen LogP contribution in [0.4, 0.5) is 5.69 Å². The Morgan fingerprint density at radius 3 is 2.93 bits per heavy atom. The van der Waals surface area contributed by atoms with Crippen molar-refractivity contribution in [3.8, 4) is 0 Å². The Balaban J connectivity index is 2.43. The average molecular weight is 246 g/mol. The van der Waals surface area contributed by atoms with Crippen LogP contribution in [0.15, 0.2) is 23.1 Å². The van der Waals surface area contributed by atoms with Gasteiger partial charge in [-0.2, -0.15) is 0 Å². The maximum Gasteiger partial charge on any atom is 0.303 e. The lowest BCUT2D eigenvalue weighted by molar-refractivity contribution is -0.137. The number of rotatable bonds is 5. The highest BCUT2D eigenvalue weighted by Gasteiger charge is 2.02. The highest BCUT2D eigenvalue weighted by molar-refractivity contribution is 7.99. The van der Waals surface area contributed by atoms with E-state index in [2.05, 4.69) is 0 Å². The highest BCUT2D eigenvalue weighted by Crippen LogP contribution is 2.29. The number of anilines is 1. The lowest BCUT2D eigenvalue weighted by Crippen LogP contribution is -1.95. The summed E-state index contributed by atoms with van der Waals surface area (Å²) in [5, 5.41) is 9.11. The summed E-state index contributed by atoms with van der Waals surface area (Å²) >= 11 is 7.47. The minimum absolute atomic E-state index is 0.187. The van der Waals surface area contributed by atoms with Crippen molar-refractivity contribution in [2.45, 2.75) is 17.7 Å². The zero-order chi connectivity index (χ0) is 11.3. The van der Waals surface area contributed by atoms with Crippen LogP contribution in [0.3, 0.4) is 0 Å². The Morgan fingerprint density at radius 1 is 1.53 bits per heavy atom. The molecule has 82 valence electrons.